The molecular weight excluding hydrogens is 214 g/mol. The molecule has 0 saturated heterocycles. The molecule has 0 radical (unpaired) electrons. The number of rotatable bonds is 7. The highest BCUT2D eigenvalue weighted by Gasteiger charge is 2.20. The average molecular weight is 233 g/mol. The van der Waals surface area contributed by atoms with Crippen molar-refractivity contribution in [1.29, 1.82) is 0 Å². The summed E-state index contributed by atoms with van der Waals surface area (Å²) in [4.78, 5) is 8.52. The van der Waals surface area contributed by atoms with E-state index in [2.05, 4.69) is 21.9 Å². The second kappa shape index (κ2) is 5.77. The molecule has 0 aromatic carbocycles. The average Bonchev–Trinajstić information content (AvgIpc) is 3.11. The Hall–Kier alpha value is -1.42. The summed E-state index contributed by atoms with van der Waals surface area (Å²) < 4.78 is 5.45. The summed E-state index contributed by atoms with van der Waals surface area (Å²) in [6.45, 7) is 7.22. The van der Waals surface area contributed by atoms with Gasteiger partial charge in [0.15, 0.2) is 0 Å². The van der Waals surface area contributed by atoms with E-state index >= 15 is 0 Å². The third-order valence-electron chi connectivity index (χ3n) is 2.61. The monoisotopic (exact) mass is 233 g/mol. The zero-order valence-electron chi connectivity index (χ0n) is 10.3. The molecular formula is C13H19N3O. The number of hydrogen-bond acceptors (Lipinski definition) is 4. The van der Waals surface area contributed by atoms with E-state index < -0.39 is 0 Å². The fourth-order valence-corrected chi connectivity index (χ4v) is 1.37. The van der Waals surface area contributed by atoms with Gasteiger partial charge in [-0.3, -0.25) is 4.98 Å². The van der Waals surface area contributed by atoms with E-state index in [1.165, 1.54) is 12.8 Å². The summed E-state index contributed by atoms with van der Waals surface area (Å²) in [6, 6.07) is 0.697. The van der Waals surface area contributed by atoms with Crippen molar-refractivity contribution < 1.29 is 4.74 Å². The lowest BCUT2D eigenvalue weighted by atomic mass is 10.3. The van der Waals surface area contributed by atoms with Gasteiger partial charge in [0.25, 0.3) is 0 Å². The first-order valence-electron chi connectivity index (χ1n) is 6.05. The zero-order valence-corrected chi connectivity index (χ0v) is 10.3. The lowest BCUT2D eigenvalue weighted by Crippen LogP contribution is -2.16. The summed E-state index contributed by atoms with van der Waals surface area (Å²) >= 11 is 0. The van der Waals surface area contributed by atoms with E-state index in [0.29, 0.717) is 18.5 Å². The number of aromatic nitrogens is 2. The molecule has 1 fully saturated rings. The van der Waals surface area contributed by atoms with Crippen LogP contribution >= 0.6 is 0 Å². The Morgan fingerprint density at radius 2 is 2.29 bits per heavy atom. The van der Waals surface area contributed by atoms with Gasteiger partial charge in [0, 0.05) is 19.0 Å². The predicted molar refractivity (Wildman–Crippen MR) is 66.8 cm³/mol. The van der Waals surface area contributed by atoms with Gasteiger partial charge >= 0.3 is 0 Å². The number of hydrogen-bond donors (Lipinski definition) is 1. The van der Waals surface area contributed by atoms with Gasteiger partial charge in [-0.1, -0.05) is 5.57 Å². The summed E-state index contributed by atoms with van der Waals surface area (Å²) in [5.41, 5.74) is 2.08. The van der Waals surface area contributed by atoms with Crippen molar-refractivity contribution in [2.75, 3.05) is 6.61 Å². The lowest BCUT2D eigenvalue weighted by Gasteiger charge is -2.05. The molecule has 4 heteroatoms. The van der Waals surface area contributed by atoms with Crippen LogP contribution < -0.4 is 10.1 Å². The van der Waals surface area contributed by atoms with Crippen LogP contribution in [0.3, 0.4) is 0 Å². The van der Waals surface area contributed by atoms with E-state index in [4.69, 9.17) is 4.74 Å². The number of nitrogens with one attached hydrogen (secondary N) is 1. The lowest BCUT2D eigenvalue weighted by molar-refractivity contribution is 0.307. The van der Waals surface area contributed by atoms with E-state index in [1.807, 2.05) is 6.92 Å². The molecule has 1 aromatic heterocycles. The molecule has 1 N–H and O–H groups in total. The van der Waals surface area contributed by atoms with Crippen molar-refractivity contribution in [3.63, 3.8) is 0 Å². The van der Waals surface area contributed by atoms with Gasteiger partial charge in [-0.25, -0.2) is 4.98 Å². The Morgan fingerprint density at radius 1 is 1.47 bits per heavy atom. The van der Waals surface area contributed by atoms with Gasteiger partial charge < -0.3 is 10.1 Å². The van der Waals surface area contributed by atoms with Crippen molar-refractivity contribution >= 4 is 0 Å². The van der Waals surface area contributed by atoms with Crippen molar-refractivity contribution in [2.24, 2.45) is 0 Å². The Labute approximate surface area is 102 Å². The molecule has 92 valence electrons. The molecule has 0 spiro atoms. The van der Waals surface area contributed by atoms with Crippen LogP contribution in [0.25, 0.3) is 0 Å². The molecule has 1 heterocycles. The topological polar surface area (TPSA) is 47.0 Å². The van der Waals surface area contributed by atoms with E-state index in [0.717, 1.165) is 24.2 Å². The highest BCUT2D eigenvalue weighted by molar-refractivity contribution is 5.07. The summed E-state index contributed by atoms with van der Waals surface area (Å²) in [6.07, 6.45) is 6.88. The molecule has 1 aliphatic carbocycles. The first kappa shape index (κ1) is 12.0. The van der Waals surface area contributed by atoms with Gasteiger partial charge in [-0.2, -0.15) is 0 Å². The maximum Gasteiger partial charge on any atom is 0.232 e. The first-order valence-corrected chi connectivity index (χ1v) is 6.05. The van der Waals surface area contributed by atoms with Gasteiger partial charge in [-0.05, 0) is 19.8 Å². The number of nitrogens with zero attached hydrogens (tertiary/aromatic N) is 2. The second-order valence-electron chi connectivity index (χ2n) is 4.56. The molecule has 2 rings (SSSR count). The molecule has 1 saturated carbocycles. The summed E-state index contributed by atoms with van der Waals surface area (Å²) in [7, 11) is 0. The fourth-order valence-electron chi connectivity index (χ4n) is 1.37. The van der Waals surface area contributed by atoms with Crippen molar-refractivity contribution in [1.82, 2.24) is 15.3 Å². The molecule has 17 heavy (non-hydrogen) atoms. The third-order valence-corrected chi connectivity index (χ3v) is 2.61. The SMILES string of the molecule is C=C(C)CCOc1cnc(CNC2CC2)cn1. The molecule has 0 unspecified atom stereocenters. The van der Waals surface area contributed by atoms with Crippen LogP contribution in [-0.2, 0) is 6.54 Å². The largest absolute Gasteiger partial charge is 0.476 e. The van der Waals surface area contributed by atoms with Crippen LogP contribution in [0.1, 0.15) is 31.9 Å². The Balaban J connectivity index is 1.73. The quantitative estimate of drug-likeness (QED) is 0.732. The summed E-state index contributed by atoms with van der Waals surface area (Å²) in [5, 5.41) is 3.40. The van der Waals surface area contributed by atoms with E-state index in [1.54, 1.807) is 12.4 Å². The molecule has 0 atom stereocenters. The molecule has 1 aliphatic rings. The van der Waals surface area contributed by atoms with Gasteiger partial charge in [0.1, 0.15) is 0 Å². The standard InChI is InChI=1S/C13H19N3O/c1-10(2)5-6-17-13-9-15-12(8-16-13)7-14-11-3-4-11/h8-9,11,14H,1,3-7H2,2H3. The van der Waals surface area contributed by atoms with Crippen LogP contribution in [0.15, 0.2) is 24.5 Å². The maximum absolute atomic E-state index is 5.45. The maximum atomic E-state index is 5.45. The Bertz CT molecular complexity index is 371. The normalized spacial score (nSPS) is 14.6. The minimum absolute atomic E-state index is 0.585. The van der Waals surface area contributed by atoms with Crippen molar-refractivity contribution in [3.8, 4) is 5.88 Å². The molecule has 4 nitrogen and oxygen atoms in total. The van der Waals surface area contributed by atoms with Gasteiger partial charge in [-0.15, -0.1) is 6.58 Å². The molecule has 0 aliphatic heterocycles. The predicted octanol–water partition coefficient (Wildman–Crippen LogP) is 2.07. The molecule has 1 aromatic rings. The highest BCUT2D eigenvalue weighted by Crippen LogP contribution is 2.19. The van der Waals surface area contributed by atoms with Crippen LogP contribution in [0.4, 0.5) is 0 Å². The van der Waals surface area contributed by atoms with E-state index in [9.17, 15) is 0 Å². The van der Waals surface area contributed by atoms with E-state index in [-0.39, 0.29) is 0 Å². The highest BCUT2D eigenvalue weighted by atomic mass is 16.5. The van der Waals surface area contributed by atoms with Gasteiger partial charge in [0.05, 0.1) is 24.7 Å². The van der Waals surface area contributed by atoms with Gasteiger partial charge in [0.2, 0.25) is 5.88 Å². The molecule has 0 amide bonds. The van der Waals surface area contributed by atoms with Crippen molar-refractivity contribution in [2.45, 2.75) is 38.8 Å². The van der Waals surface area contributed by atoms with Crippen LogP contribution in [0, 0.1) is 0 Å². The van der Waals surface area contributed by atoms with Crippen molar-refractivity contribution in [3.05, 3.63) is 30.2 Å². The first-order chi connectivity index (χ1) is 8.24. The Kier molecular flexibility index (Phi) is 4.09. The van der Waals surface area contributed by atoms with Crippen LogP contribution in [-0.4, -0.2) is 22.6 Å². The minimum atomic E-state index is 0.585. The third kappa shape index (κ3) is 4.53. The smallest absolute Gasteiger partial charge is 0.232 e. The Morgan fingerprint density at radius 3 is 2.88 bits per heavy atom. The minimum Gasteiger partial charge on any atom is -0.476 e. The summed E-state index contributed by atoms with van der Waals surface area (Å²) in [5.74, 6) is 0.585. The fraction of sp³-hybridized carbons (Fsp3) is 0.538. The van der Waals surface area contributed by atoms with Crippen LogP contribution in [0.2, 0.25) is 0 Å². The zero-order chi connectivity index (χ0) is 12.1. The second-order valence-corrected chi connectivity index (χ2v) is 4.56. The van der Waals surface area contributed by atoms with Crippen LogP contribution in [0.5, 0.6) is 5.88 Å². The molecule has 0 bridgehead atoms. The number of ether oxygens (including phenoxy) is 1.